The Bertz CT molecular complexity index is 450. The van der Waals surface area contributed by atoms with Crippen molar-refractivity contribution >= 4 is 0 Å². The molecule has 2 heteroatoms. The first-order valence-corrected chi connectivity index (χ1v) is 7.68. The second-order valence-corrected chi connectivity index (χ2v) is 5.29. The summed E-state index contributed by atoms with van der Waals surface area (Å²) in [5.74, 6) is 1.09. The molecular weight excluding hydrogens is 246 g/mol. The van der Waals surface area contributed by atoms with Gasteiger partial charge in [-0.1, -0.05) is 37.3 Å². The average molecular weight is 271 g/mol. The van der Waals surface area contributed by atoms with Gasteiger partial charge in [-0.25, -0.2) is 0 Å². The number of benzene rings is 1. The van der Waals surface area contributed by atoms with Gasteiger partial charge in [0, 0.05) is 12.5 Å². The van der Waals surface area contributed by atoms with Crippen molar-refractivity contribution in [3.63, 3.8) is 0 Å². The Morgan fingerprint density at radius 2 is 1.80 bits per heavy atom. The van der Waals surface area contributed by atoms with E-state index < -0.39 is 0 Å². The lowest BCUT2D eigenvalue weighted by molar-refractivity contribution is 0.426. The molecule has 1 unspecified atom stereocenters. The summed E-state index contributed by atoms with van der Waals surface area (Å²) in [5.41, 5.74) is 1.42. The fraction of sp³-hybridized carbons (Fsp3) is 0.444. The van der Waals surface area contributed by atoms with E-state index in [1.807, 2.05) is 6.07 Å². The molecular formula is C18H25NO. The van der Waals surface area contributed by atoms with Crippen LogP contribution in [-0.2, 0) is 12.8 Å². The third-order valence-corrected chi connectivity index (χ3v) is 3.63. The molecule has 0 radical (unpaired) electrons. The smallest absolute Gasteiger partial charge is 0.103 e. The summed E-state index contributed by atoms with van der Waals surface area (Å²) in [6.45, 7) is 3.31. The third kappa shape index (κ3) is 5.22. The topological polar surface area (TPSA) is 25.2 Å². The number of rotatable bonds is 9. The SMILES string of the molecule is CCCNC(CCc1ccccc1)CCc1ccco1. The molecule has 0 aliphatic carbocycles. The molecule has 1 heterocycles. The summed E-state index contributed by atoms with van der Waals surface area (Å²) in [4.78, 5) is 0. The van der Waals surface area contributed by atoms with E-state index in [9.17, 15) is 0 Å². The van der Waals surface area contributed by atoms with Crippen LogP contribution in [0.5, 0.6) is 0 Å². The Balaban J connectivity index is 1.80. The van der Waals surface area contributed by atoms with E-state index in [4.69, 9.17) is 4.42 Å². The normalized spacial score (nSPS) is 12.4. The van der Waals surface area contributed by atoms with Gasteiger partial charge >= 0.3 is 0 Å². The van der Waals surface area contributed by atoms with Gasteiger partial charge in [0.25, 0.3) is 0 Å². The first-order chi connectivity index (χ1) is 9.88. The van der Waals surface area contributed by atoms with Crippen LogP contribution in [0.1, 0.15) is 37.5 Å². The van der Waals surface area contributed by atoms with Crippen molar-refractivity contribution in [1.82, 2.24) is 5.32 Å². The summed E-state index contributed by atoms with van der Waals surface area (Å²) < 4.78 is 5.42. The zero-order valence-corrected chi connectivity index (χ0v) is 12.3. The van der Waals surface area contributed by atoms with Crippen LogP contribution >= 0.6 is 0 Å². The third-order valence-electron chi connectivity index (χ3n) is 3.63. The molecule has 1 atom stereocenters. The minimum atomic E-state index is 0.570. The van der Waals surface area contributed by atoms with Crippen molar-refractivity contribution < 1.29 is 4.42 Å². The van der Waals surface area contributed by atoms with E-state index >= 15 is 0 Å². The molecule has 0 saturated heterocycles. The number of furan rings is 1. The lowest BCUT2D eigenvalue weighted by Crippen LogP contribution is -2.30. The molecule has 2 nitrogen and oxygen atoms in total. The summed E-state index contributed by atoms with van der Waals surface area (Å²) >= 11 is 0. The number of aryl methyl sites for hydroxylation is 2. The minimum absolute atomic E-state index is 0.570. The number of hydrogen-bond donors (Lipinski definition) is 1. The fourth-order valence-corrected chi connectivity index (χ4v) is 2.45. The largest absolute Gasteiger partial charge is 0.469 e. The van der Waals surface area contributed by atoms with Gasteiger partial charge in [-0.3, -0.25) is 0 Å². The van der Waals surface area contributed by atoms with Crippen molar-refractivity contribution in [3.8, 4) is 0 Å². The zero-order valence-electron chi connectivity index (χ0n) is 12.3. The number of nitrogens with one attached hydrogen (secondary N) is 1. The summed E-state index contributed by atoms with van der Waals surface area (Å²) in [6, 6.07) is 15.3. The molecule has 1 aromatic carbocycles. The summed E-state index contributed by atoms with van der Waals surface area (Å²) in [6.07, 6.45) is 7.42. The van der Waals surface area contributed by atoms with Gasteiger partial charge in [-0.2, -0.15) is 0 Å². The van der Waals surface area contributed by atoms with E-state index in [1.54, 1.807) is 6.26 Å². The number of hydrogen-bond acceptors (Lipinski definition) is 2. The van der Waals surface area contributed by atoms with Crippen LogP contribution in [0.15, 0.2) is 53.1 Å². The van der Waals surface area contributed by atoms with Crippen LogP contribution in [0.2, 0.25) is 0 Å². The Hall–Kier alpha value is -1.54. The lowest BCUT2D eigenvalue weighted by atomic mass is 10.0. The Labute approximate surface area is 122 Å². The fourth-order valence-electron chi connectivity index (χ4n) is 2.45. The average Bonchev–Trinajstić information content (AvgIpc) is 3.01. The Morgan fingerprint density at radius 3 is 2.50 bits per heavy atom. The maximum Gasteiger partial charge on any atom is 0.103 e. The second kappa shape index (κ2) is 8.60. The van der Waals surface area contributed by atoms with Crippen molar-refractivity contribution in [3.05, 3.63) is 60.1 Å². The molecule has 0 amide bonds. The molecule has 2 aromatic rings. The molecule has 0 bridgehead atoms. The van der Waals surface area contributed by atoms with Crippen LogP contribution < -0.4 is 5.32 Å². The van der Waals surface area contributed by atoms with E-state index in [2.05, 4.69) is 48.6 Å². The summed E-state index contributed by atoms with van der Waals surface area (Å²) in [5, 5.41) is 3.66. The van der Waals surface area contributed by atoms with Crippen LogP contribution in [-0.4, -0.2) is 12.6 Å². The molecule has 1 aromatic heterocycles. The maximum atomic E-state index is 5.42. The van der Waals surface area contributed by atoms with E-state index in [1.165, 1.54) is 18.4 Å². The van der Waals surface area contributed by atoms with Crippen molar-refractivity contribution in [2.75, 3.05) is 6.54 Å². The first kappa shape index (κ1) is 14.9. The monoisotopic (exact) mass is 271 g/mol. The van der Waals surface area contributed by atoms with Gasteiger partial charge in [0.1, 0.15) is 5.76 Å². The second-order valence-electron chi connectivity index (χ2n) is 5.29. The highest BCUT2D eigenvalue weighted by molar-refractivity contribution is 5.14. The molecule has 20 heavy (non-hydrogen) atoms. The molecule has 0 saturated carbocycles. The summed E-state index contributed by atoms with van der Waals surface area (Å²) in [7, 11) is 0. The molecule has 0 fully saturated rings. The van der Waals surface area contributed by atoms with E-state index in [0.29, 0.717) is 6.04 Å². The van der Waals surface area contributed by atoms with Crippen LogP contribution in [0.3, 0.4) is 0 Å². The zero-order chi connectivity index (χ0) is 14.0. The van der Waals surface area contributed by atoms with Gasteiger partial charge in [0.05, 0.1) is 6.26 Å². The molecule has 0 spiro atoms. The lowest BCUT2D eigenvalue weighted by Gasteiger charge is -2.18. The standard InChI is InChI=1S/C18H25NO/c1-2-14-19-17(12-13-18-9-6-15-20-18)11-10-16-7-4-3-5-8-16/h3-9,15,17,19H,2,10-14H2,1H3. The maximum absolute atomic E-state index is 5.42. The highest BCUT2D eigenvalue weighted by atomic mass is 16.3. The molecule has 1 N–H and O–H groups in total. The van der Waals surface area contributed by atoms with Gasteiger partial charge in [0.2, 0.25) is 0 Å². The van der Waals surface area contributed by atoms with Crippen molar-refractivity contribution in [1.29, 1.82) is 0 Å². The van der Waals surface area contributed by atoms with Gasteiger partial charge in [-0.15, -0.1) is 0 Å². The molecule has 108 valence electrons. The van der Waals surface area contributed by atoms with Gasteiger partial charge in [-0.05, 0) is 49.9 Å². The van der Waals surface area contributed by atoms with Crippen molar-refractivity contribution in [2.24, 2.45) is 0 Å². The predicted octanol–water partition coefficient (Wildman–Crippen LogP) is 4.21. The van der Waals surface area contributed by atoms with Crippen LogP contribution in [0.25, 0.3) is 0 Å². The Kier molecular flexibility index (Phi) is 6.39. The molecule has 0 aliphatic rings. The van der Waals surface area contributed by atoms with Crippen LogP contribution in [0.4, 0.5) is 0 Å². The quantitative estimate of drug-likeness (QED) is 0.739. The van der Waals surface area contributed by atoms with E-state index in [0.717, 1.165) is 31.6 Å². The minimum Gasteiger partial charge on any atom is -0.469 e. The van der Waals surface area contributed by atoms with Gasteiger partial charge < -0.3 is 9.73 Å². The Morgan fingerprint density at radius 1 is 1.00 bits per heavy atom. The van der Waals surface area contributed by atoms with E-state index in [-0.39, 0.29) is 0 Å². The molecule has 0 aliphatic heterocycles. The predicted molar refractivity (Wildman–Crippen MR) is 83.9 cm³/mol. The highest BCUT2D eigenvalue weighted by Crippen LogP contribution is 2.11. The van der Waals surface area contributed by atoms with Crippen molar-refractivity contribution in [2.45, 2.75) is 45.1 Å². The van der Waals surface area contributed by atoms with Crippen LogP contribution in [0, 0.1) is 0 Å². The first-order valence-electron chi connectivity index (χ1n) is 7.68. The highest BCUT2D eigenvalue weighted by Gasteiger charge is 2.09. The molecule has 2 rings (SSSR count). The van der Waals surface area contributed by atoms with Gasteiger partial charge in [0.15, 0.2) is 0 Å².